The van der Waals surface area contributed by atoms with Crippen LogP contribution in [-0.2, 0) is 11.3 Å². The molecule has 3 rings (SSSR count). The lowest BCUT2D eigenvalue weighted by Gasteiger charge is -2.19. The Hall–Kier alpha value is -1.83. The zero-order valence-electron chi connectivity index (χ0n) is 15.6. The van der Waals surface area contributed by atoms with Crippen molar-refractivity contribution in [2.45, 2.75) is 25.4 Å². The molecule has 1 amide bonds. The largest absolute Gasteiger partial charge is 0.496 e. The minimum absolute atomic E-state index is 0.0124. The Balaban J connectivity index is 1.70. The number of ether oxygens (including phenoxy) is 1. The molecule has 2 heterocycles. The Morgan fingerprint density at radius 3 is 2.85 bits per heavy atom. The van der Waals surface area contributed by atoms with Crippen LogP contribution >= 0.6 is 34.7 Å². The average molecular weight is 422 g/mol. The number of nitrogens with zero attached hydrogens (tertiary/aromatic N) is 3. The van der Waals surface area contributed by atoms with Crippen LogP contribution in [0, 0.1) is 13.8 Å². The molecule has 0 saturated heterocycles. The van der Waals surface area contributed by atoms with E-state index in [1.54, 1.807) is 42.8 Å². The van der Waals surface area contributed by atoms with Crippen LogP contribution in [0.15, 0.2) is 29.6 Å². The van der Waals surface area contributed by atoms with Gasteiger partial charge in [0.2, 0.25) is 5.91 Å². The summed E-state index contributed by atoms with van der Waals surface area (Å²) < 4.78 is 5.36. The number of thioether (sulfide) groups is 1. The number of hydrogen-bond acceptors (Lipinski definition) is 6. The van der Waals surface area contributed by atoms with Crippen LogP contribution in [0.4, 0.5) is 0 Å². The van der Waals surface area contributed by atoms with Crippen LogP contribution in [0.3, 0.4) is 0 Å². The van der Waals surface area contributed by atoms with E-state index in [9.17, 15) is 4.79 Å². The molecule has 0 atom stereocenters. The van der Waals surface area contributed by atoms with Gasteiger partial charge in [0, 0.05) is 34.4 Å². The van der Waals surface area contributed by atoms with Crippen LogP contribution in [-0.4, -0.2) is 40.7 Å². The highest BCUT2D eigenvalue weighted by Gasteiger charge is 2.16. The van der Waals surface area contributed by atoms with Gasteiger partial charge in [0.25, 0.3) is 0 Å². The first-order chi connectivity index (χ1) is 12.9. The number of rotatable bonds is 6. The van der Waals surface area contributed by atoms with Crippen LogP contribution in [0.1, 0.15) is 16.0 Å². The van der Waals surface area contributed by atoms with Gasteiger partial charge in [-0.2, -0.15) is 0 Å². The van der Waals surface area contributed by atoms with Crippen molar-refractivity contribution in [3.63, 3.8) is 0 Å². The molecule has 142 valence electrons. The maximum absolute atomic E-state index is 12.6. The Morgan fingerprint density at radius 1 is 1.33 bits per heavy atom. The normalized spacial score (nSPS) is 11.0. The van der Waals surface area contributed by atoms with E-state index in [1.807, 2.05) is 12.1 Å². The van der Waals surface area contributed by atoms with Gasteiger partial charge in [0.05, 0.1) is 12.9 Å². The van der Waals surface area contributed by atoms with Gasteiger partial charge in [-0.05, 0) is 37.6 Å². The van der Waals surface area contributed by atoms with Crippen molar-refractivity contribution >= 4 is 50.8 Å². The lowest BCUT2D eigenvalue weighted by molar-refractivity contribution is -0.127. The highest BCUT2D eigenvalue weighted by atomic mass is 35.5. The third-order valence-corrected chi connectivity index (χ3v) is 6.66. The molecule has 27 heavy (non-hydrogen) atoms. The monoisotopic (exact) mass is 421 g/mol. The van der Waals surface area contributed by atoms with Gasteiger partial charge in [-0.1, -0.05) is 23.4 Å². The molecule has 1 aromatic carbocycles. The Morgan fingerprint density at radius 2 is 2.11 bits per heavy atom. The lowest BCUT2D eigenvalue weighted by atomic mass is 10.2. The molecule has 0 N–H and O–H groups in total. The van der Waals surface area contributed by atoms with Crippen molar-refractivity contribution in [2.24, 2.45) is 0 Å². The fourth-order valence-electron chi connectivity index (χ4n) is 2.71. The van der Waals surface area contributed by atoms with E-state index in [-0.39, 0.29) is 5.91 Å². The first kappa shape index (κ1) is 19.9. The summed E-state index contributed by atoms with van der Waals surface area (Å²) in [5.41, 5.74) is 2.06. The lowest BCUT2D eigenvalue weighted by Crippen LogP contribution is -2.28. The summed E-state index contributed by atoms with van der Waals surface area (Å²) in [6.07, 6.45) is 1.56. The molecule has 0 aliphatic rings. The number of carbonyl (C=O) groups is 1. The first-order valence-corrected chi connectivity index (χ1v) is 10.5. The Kier molecular flexibility index (Phi) is 6.24. The summed E-state index contributed by atoms with van der Waals surface area (Å²) in [5.74, 6) is 1.03. The number of fused-ring (bicyclic) bond motifs is 1. The Labute approximate surface area is 171 Å². The molecule has 0 saturated carbocycles. The predicted octanol–water partition coefficient (Wildman–Crippen LogP) is 4.72. The molecule has 0 unspecified atom stereocenters. The first-order valence-electron chi connectivity index (χ1n) is 8.30. The number of halogens is 1. The molecule has 0 bridgehead atoms. The van der Waals surface area contributed by atoms with E-state index in [1.165, 1.54) is 22.2 Å². The maximum Gasteiger partial charge on any atom is 0.233 e. The third-order valence-electron chi connectivity index (χ3n) is 4.34. The van der Waals surface area contributed by atoms with Crippen molar-refractivity contribution in [2.75, 3.05) is 19.9 Å². The van der Waals surface area contributed by atoms with Crippen molar-refractivity contribution < 1.29 is 9.53 Å². The third kappa shape index (κ3) is 4.36. The molecule has 0 aliphatic heterocycles. The second kappa shape index (κ2) is 8.46. The van der Waals surface area contributed by atoms with Crippen molar-refractivity contribution in [3.05, 3.63) is 45.6 Å². The molecular weight excluding hydrogens is 402 g/mol. The molecule has 2 aromatic heterocycles. The van der Waals surface area contributed by atoms with E-state index in [0.29, 0.717) is 23.1 Å². The van der Waals surface area contributed by atoms with Crippen LogP contribution < -0.4 is 4.74 Å². The fourth-order valence-corrected chi connectivity index (χ4v) is 4.97. The summed E-state index contributed by atoms with van der Waals surface area (Å²) in [5, 5.41) is 2.52. The number of hydrogen-bond donors (Lipinski definition) is 0. The van der Waals surface area contributed by atoms with Crippen molar-refractivity contribution in [1.82, 2.24) is 14.9 Å². The van der Waals surface area contributed by atoms with Gasteiger partial charge >= 0.3 is 0 Å². The summed E-state index contributed by atoms with van der Waals surface area (Å²) in [6.45, 7) is 4.58. The number of benzene rings is 1. The van der Waals surface area contributed by atoms with E-state index in [0.717, 1.165) is 20.8 Å². The SMILES string of the molecule is COc1ccc(Cl)cc1CN(C)C(=O)CSc1ncnc2sc(C)c(C)c12. The smallest absolute Gasteiger partial charge is 0.233 e. The van der Waals surface area contributed by atoms with Crippen molar-refractivity contribution in [3.8, 4) is 5.75 Å². The molecule has 8 heteroatoms. The summed E-state index contributed by atoms with van der Waals surface area (Å²) in [6, 6.07) is 5.40. The van der Waals surface area contributed by atoms with Crippen LogP contribution in [0.5, 0.6) is 5.75 Å². The standard InChI is InChI=1S/C19H20ClN3O2S2/c1-11-12(2)27-19-17(11)18(21-10-22-19)26-9-16(24)23(3)8-13-7-14(20)5-6-15(13)25-4/h5-7,10H,8-9H2,1-4H3. The quantitative estimate of drug-likeness (QED) is 0.425. The number of amides is 1. The highest BCUT2D eigenvalue weighted by Crippen LogP contribution is 2.34. The highest BCUT2D eigenvalue weighted by molar-refractivity contribution is 8.00. The summed E-state index contributed by atoms with van der Waals surface area (Å²) in [7, 11) is 3.38. The second-order valence-corrected chi connectivity index (χ2v) is 8.74. The number of thiophene rings is 1. The maximum atomic E-state index is 12.6. The number of aryl methyl sites for hydroxylation is 2. The van der Waals surface area contributed by atoms with Gasteiger partial charge in [-0.3, -0.25) is 4.79 Å². The van der Waals surface area contributed by atoms with E-state index in [4.69, 9.17) is 16.3 Å². The molecule has 0 fully saturated rings. The van der Waals surface area contributed by atoms with Gasteiger partial charge in [-0.25, -0.2) is 9.97 Å². The summed E-state index contributed by atoms with van der Waals surface area (Å²) in [4.78, 5) is 25.2. The molecule has 3 aromatic rings. The molecular formula is C19H20ClN3O2S2. The number of methoxy groups -OCH3 is 1. The van der Waals surface area contributed by atoms with Crippen molar-refractivity contribution in [1.29, 1.82) is 0 Å². The molecule has 5 nitrogen and oxygen atoms in total. The Bertz CT molecular complexity index is 990. The number of carbonyl (C=O) groups excluding carboxylic acids is 1. The molecule has 0 spiro atoms. The van der Waals surface area contributed by atoms with E-state index >= 15 is 0 Å². The summed E-state index contributed by atoms with van der Waals surface area (Å²) >= 11 is 9.17. The van der Waals surface area contributed by atoms with Gasteiger partial charge in [0.1, 0.15) is 21.9 Å². The minimum Gasteiger partial charge on any atom is -0.496 e. The molecule has 0 radical (unpaired) electrons. The predicted molar refractivity (Wildman–Crippen MR) is 112 cm³/mol. The topological polar surface area (TPSA) is 55.3 Å². The van der Waals surface area contributed by atoms with Crippen LogP contribution in [0.2, 0.25) is 5.02 Å². The average Bonchev–Trinajstić information content (AvgIpc) is 2.94. The minimum atomic E-state index is 0.0124. The van der Waals surface area contributed by atoms with Gasteiger partial charge in [-0.15, -0.1) is 11.3 Å². The zero-order valence-corrected chi connectivity index (χ0v) is 18.0. The molecule has 0 aliphatic carbocycles. The van der Waals surface area contributed by atoms with E-state index in [2.05, 4.69) is 23.8 Å². The zero-order chi connectivity index (χ0) is 19.6. The van der Waals surface area contributed by atoms with E-state index < -0.39 is 0 Å². The van der Waals surface area contributed by atoms with Gasteiger partial charge < -0.3 is 9.64 Å². The van der Waals surface area contributed by atoms with Gasteiger partial charge in [0.15, 0.2) is 0 Å². The number of aromatic nitrogens is 2. The fraction of sp³-hybridized carbons (Fsp3) is 0.316. The second-order valence-electron chi connectivity index (χ2n) is 6.14. The van der Waals surface area contributed by atoms with Crippen LogP contribution in [0.25, 0.3) is 10.2 Å².